The van der Waals surface area contributed by atoms with Gasteiger partial charge in [-0.15, -0.1) is 0 Å². The number of anilines is 1. The zero-order valence-electron chi connectivity index (χ0n) is 17.1. The highest BCUT2D eigenvalue weighted by molar-refractivity contribution is 7.80. The van der Waals surface area contributed by atoms with Crippen LogP contribution in [0.5, 0.6) is 0 Å². The molecule has 0 aliphatic carbocycles. The highest BCUT2D eigenvalue weighted by Gasteiger charge is 2.14. The third kappa shape index (κ3) is 4.24. The normalized spacial score (nSPS) is 12.2. The molecule has 0 aromatic carbocycles. The number of nitrogens with one attached hydrogen (secondary N) is 2. The summed E-state index contributed by atoms with van der Waals surface area (Å²) in [6.07, 6.45) is 7.52. The van der Waals surface area contributed by atoms with Crippen LogP contribution in [-0.2, 0) is 19.6 Å². The number of aryl methyl sites for hydroxylation is 2. The maximum atomic E-state index is 5.47. The Labute approximate surface area is 170 Å². The lowest BCUT2D eigenvalue weighted by molar-refractivity contribution is 0.632. The topological polar surface area (TPSA) is 77.5 Å². The summed E-state index contributed by atoms with van der Waals surface area (Å²) in [6.45, 7) is 12.8. The molecule has 0 saturated carbocycles. The van der Waals surface area contributed by atoms with Gasteiger partial charge in [-0.25, -0.2) is 0 Å². The molecule has 3 aromatic heterocycles. The third-order valence-electron chi connectivity index (χ3n) is 4.98. The predicted octanol–water partition coefficient (Wildman–Crippen LogP) is 3.03. The number of hydrogen-bond donors (Lipinski definition) is 2. The van der Waals surface area contributed by atoms with Gasteiger partial charge < -0.3 is 10.6 Å². The molecule has 3 heterocycles. The molecule has 0 radical (unpaired) electrons. The fourth-order valence-electron chi connectivity index (χ4n) is 3.29. The lowest BCUT2D eigenvalue weighted by atomic mass is 10.1. The quantitative estimate of drug-likeness (QED) is 0.594. The Balaban J connectivity index is 1.59. The molecular weight excluding hydrogens is 372 g/mol. The van der Waals surface area contributed by atoms with Crippen molar-refractivity contribution in [2.24, 2.45) is 0 Å². The van der Waals surface area contributed by atoms with Gasteiger partial charge in [-0.3, -0.25) is 14.0 Å². The van der Waals surface area contributed by atoms with E-state index >= 15 is 0 Å². The van der Waals surface area contributed by atoms with Gasteiger partial charge in [-0.2, -0.15) is 15.3 Å². The number of aromatic nitrogens is 6. The van der Waals surface area contributed by atoms with Gasteiger partial charge in [-0.1, -0.05) is 0 Å². The summed E-state index contributed by atoms with van der Waals surface area (Å²) >= 11 is 5.47. The molecule has 1 unspecified atom stereocenters. The van der Waals surface area contributed by atoms with Crippen molar-refractivity contribution in [1.82, 2.24) is 34.7 Å². The van der Waals surface area contributed by atoms with Crippen LogP contribution < -0.4 is 10.6 Å². The van der Waals surface area contributed by atoms with E-state index in [1.54, 1.807) is 6.20 Å². The van der Waals surface area contributed by atoms with E-state index in [2.05, 4.69) is 60.5 Å². The van der Waals surface area contributed by atoms with Crippen molar-refractivity contribution in [2.75, 3.05) is 5.32 Å². The molecule has 150 valence electrons. The first-order valence-corrected chi connectivity index (χ1v) is 9.97. The molecule has 3 aromatic rings. The van der Waals surface area contributed by atoms with Crippen LogP contribution in [0.25, 0.3) is 0 Å². The van der Waals surface area contributed by atoms with Crippen molar-refractivity contribution >= 4 is 23.0 Å². The van der Waals surface area contributed by atoms with Gasteiger partial charge in [-0.05, 0) is 46.8 Å². The second-order valence-corrected chi connectivity index (χ2v) is 7.23. The summed E-state index contributed by atoms with van der Waals surface area (Å²) in [5.41, 5.74) is 5.48. The van der Waals surface area contributed by atoms with E-state index in [-0.39, 0.29) is 6.04 Å². The molecule has 0 amide bonds. The van der Waals surface area contributed by atoms with E-state index in [0.29, 0.717) is 11.7 Å². The van der Waals surface area contributed by atoms with Crippen LogP contribution in [0.15, 0.2) is 24.8 Å². The highest BCUT2D eigenvalue weighted by atomic mass is 32.1. The Morgan fingerprint density at radius 3 is 2.36 bits per heavy atom. The zero-order valence-corrected chi connectivity index (χ0v) is 17.9. The average molecular weight is 401 g/mol. The predicted molar refractivity (Wildman–Crippen MR) is 114 cm³/mol. The van der Waals surface area contributed by atoms with E-state index in [4.69, 9.17) is 12.2 Å². The molecular formula is C19H28N8S. The Morgan fingerprint density at radius 1 is 1.04 bits per heavy atom. The van der Waals surface area contributed by atoms with Gasteiger partial charge in [0.1, 0.15) is 0 Å². The lowest BCUT2D eigenvalue weighted by Gasteiger charge is -2.16. The Kier molecular flexibility index (Phi) is 6.13. The highest BCUT2D eigenvalue weighted by Crippen LogP contribution is 2.17. The van der Waals surface area contributed by atoms with Crippen LogP contribution >= 0.6 is 12.2 Å². The first kappa shape index (κ1) is 20.1. The van der Waals surface area contributed by atoms with Gasteiger partial charge in [0.05, 0.1) is 36.9 Å². The Bertz CT molecular complexity index is 951. The van der Waals surface area contributed by atoms with Gasteiger partial charge in [0.15, 0.2) is 5.11 Å². The Morgan fingerprint density at radius 2 is 1.71 bits per heavy atom. The molecule has 8 nitrogen and oxygen atoms in total. The van der Waals surface area contributed by atoms with Crippen molar-refractivity contribution in [3.8, 4) is 0 Å². The van der Waals surface area contributed by atoms with Gasteiger partial charge in [0.25, 0.3) is 0 Å². The maximum Gasteiger partial charge on any atom is 0.171 e. The summed E-state index contributed by atoms with van der Waals surface area (Å²) in [6, 6.07) is 0.0675. The van der Waals surface area contributed by atoms with Crippen molar-refractivity contribution in [1.29, 1.82) is 0 Å². The molecule has 3 rings (SSSR count). The SMILES string of the molecule is CCn1ncc(Cn2cc(NC(=S)NC(C)c3cnn(CC)c3C)cn2)c1C. The van der Waals surface area contributed by atoms with Crippen molar-refractivity contribution in [2.45, 2.75) is 60.3 Å². The van der Waals surface area contributed by atoms with Crippen LogP contribution in [0.3, 0.4) is 0 Å². The third-order valence-corrected chi connectivity index (χ3v) is 5.20. The van der Waals surface area contributed by atoms with E-state index in [1.807, 2.05) is 32.6 Å². The molecule has 0 bridgehead atoms. The molecule has 0 aliphatic heterocycles. The summed E-state index contributed by atoms with van der Waals surface area (Å²) in [5, 5.41) is 20.3. The van der Waals surface area contributed by atoms with E-state index < -0.39 is 0 Å². The van der Waals surface area contributed by atoms with E-state index in [1.165, 1.54) is 5.69 Å². The molecule has 1 atom stereocenters. The monoisotopic (exact) mass is 400 g/mol. The van der Waals surface area contributed by atoms with Crippen LogP contribution in [0, 0.1) is 13.8 Å². The van der Waals surface area contributed by atoms with Gasteiger partial charge in [0.2, 0.25) is 0 Å². The van der Waals surface area contributed by atoms with Crippen molar-refractivity contribution in [3.05, 3.63) is 47.3 Å². The summed E-state index contributed by atoms with van der Waals surface area (Å²) < 4.78 is 5.85. The minimum Gasteiger partial charge on any atom is -0.356 e. The molecule has 9 heteroatoms. The van der Waals surface area contributed by atoms with E-state index in [0.717, 1.165) is 35.6 Å². The summed E-state index contributed by atoms with van der Waals surface area (Å²) in [4.78, 5) is 0. The maximum absolute atomic E-state index is 5.47. The minimum absolute atomic E-state index is 0.0675. The minimum atomic E-state index is 0.0675. The van der Waals surface area contributed by atoms with E-state index in [9.17, 15) is 0 Å². The summed E-state index contributed by atoms with van der Waals surface area (Å²) in [7, 11) is 0. The van der Waals surface area contributed by atoms with Crippen LogP contribution in [0.4, 0.5) is 5.69 Å². The smallest absolute Gasteiger partial charge is 0.171 e. The molecule has 0 saturated heterocycles. The van der Waals surface area contributed by atoms with Crippen LogP contribution in [0.2, 0.25) is 0 Å². The fourth-order valence-corrected chi connectivity index (χ4v) is 3.59. The van der Waals surface area contributed by atoms with Gasteiger partial charge >= 0.3 is 0 Å². The molecule has 0 fully saturated rings. The largest absolute Gasteiger partial charge is 0.356 e. The lowest BCUT2D eigenvalue weighted by Crippen LogP contribution is -2.31. The second kappa shape index (κ2) is 8.55. The van der Waals surface area contributed by atoms with Crippen LogP contribution in [0.1, 0.15) is 49.3 Å². The number of thiocarbonyl (C=S) groups is 1. The zero-order chi connectivity index (χ0) is 20.3. The van der Waals surface area contributed by atoms with Crippen molar-refractivity contribution < 1.29 is 0 Å². The Hall–Kier alpha value is -2.68. The van der Waals surface area contributed by atoms with Gasteiger partial charge in [0, 0.05) is 41.8 Å². The average Bonchev–Trinajstić information content (AvgIpc) is 3.35. The molecule has 0 spiro atoms. The van der Waals surface area contributed by atoms with Crippen LogP contribution in [-0.4, -0.2) is 34.5 Å². The first-order valence-electron chi connectivity index (χ1n) is 9.56. The first-order chi connectivity index (χ1) is 13.4. The molecule has 2 N–H and O–H groups in total. The number of nitrogens with zero attached hydrogens (tertiary/aromatic N) is 6. The number of rotatable bonds is 7. The number of hydrogen-bond acceptors (Lipinski definition) is 4. The fraction of sp³-hybridized carbons (Fsp3) is 0.474. The summed E-state index contributed by atoms with van der Waals surface area (Å²) in [5.74, 6) is 0. The standard InChI is InChI=1S/C19H28N8S/c1-6-26-14(4)16(8-21-26)11-25-12-17(9-20-25)24-19(28)23-13(3)18-10-22-27(7-2)15(18)5/h8-10,12-13H,6-7,11H2,1-5H3,(H2,23,24,28). The van der Waals surface area contributed by atoms with Crippen molar-refractivity contribution in [3.63, 3.8) is 0 Å². The molecule has 0 aliphatic rings. The second-order valence-electron chi connectivity index (χ2n) is 6.82. The molecule has 28 heavy (non-hydrogen) atoms.